The summed E-state index contributed by atoms with van der Waals surface area (Å²) in [5.41, 5.74) is 9.60. The lowest BCUT2D eigenvalue weighted by Crippen LogP contribution is -2.30. The van der Waals surface area contributed by atoms with Gasteiger partial charge in [-0.3, -0.25) is 4.99 Å². The number of nitrogens with one attached hydrogen (secondary N) is 1. The summed E-state index contributed by atoms with van der Waals surface area (Å²) in [5, 5.41) is 4.82. The van der Waals surface area contributed by atoms with Crippen molar-refractivity contribution in [2.75, 3.05) is 25.5 Å². The van der Waals surface area contributed by atoms with Gasteiger partial charge in [-0.25, -0.2) is 8.42 Å². The molecule has 0 bridgehead atoms. The van der Waals surface area contributed by atoms with Crippen molar-refractivity contribution in [3.8, 4) is 0 Å². The molecule has 3 rings (SSSR count). The highest BCUT2D eigenvalue weighted by Crippen LogP contribution is 2.24. The van der Waals surface area contributed by atoms with Crippen molar-refractivity contribution < 1.29 is 8.42 Å². The van der Waals surface area contributed by atoms with Gasteiger partial charge in [-0.05, 0) is 54.0 Å². The third-order valence-corrected chi connectivity index (χ3v) is 7.46. The van der Waals surface area contributed by atoms with Gasteiger partial charge in [0.1, 0.15) is 4.21 Å². The van der Waals surface area contributed by atoms with Crippen LogP contribution in [0.1, 0.15) is 17.5 Å². The number of nitrogens with two attached hydrogens (primary N) is 1. The van der Waals surface area contributed by atoms with Crippen molar-refractivity contribution in [3.63, 3.8) is 0 Å². The largest absolute Gasteiger partial charge is 0.370 e. The summed E-state index contributed by atoms with van der Waals surface area (Å²) in [4.78, 5) is 4.23. The highest BCUT2D eigenvalue weighted by atomic mass is 32.2. The Hall–Kier alpha value is -1.90. The van der Waals surface area contributed by atoms with E-state index in [0.29, 0.717) is 16.7 Å². The van der Waals surface area contributed by atoms with Gasteiger partial charge in [-0.2, -0.15) is 4.31 Å². The molecule has 0 saturated heterocycles. The van der Waals surface area contributed by atoms with Crippen LogP contribution in [0.3, 0.4) is 0 Å². The van der Waals surface area contributed by atoms with Crippen LogP contribution in [0.15, 0.2) is 44.9 Å². The number of benzene rings is 1. The van der Waals surface area contributed by atoms with Crippen LogP contribution in [-0.2, 0) is 22.9 Å². The van der Waals surface area contributed by atoms with Gasteiger partial charge in [0.2, 0.25) is 0 Å². The van der Waals surface area contributed by atoms with Crippen molar-refractivity contribution >= 4 is 33.0 Å². The van der Waals surface area contributed by atoms with E-state index in [1.165, 1.54) is 33.2 Å². The first kappa shape index (κ1) is 17.9. The number of hydrogen-bond acceptors (Lipinski definition) is 4. The van der Waals surface area contributed by atoms with Crippen LogP contribution in [0.2, 0.25) is 0 Å². The van der Waals surface area contributed by atoms with Crippen LogP contribution in [0.4, 0.5) is 5.69 Å². The molecule has 0 atom stereocenters. The van der Waals surface area contributed by atoms with E-state index in [1.54, 1.807) is 24.6 Å². The van der Waals surface area contributed by atoms with Gasteiger partial charge in [-0.15, -0.1) is 11.3 Å². The third kappa shape index (κ3) is 4.20. The summed E-state index contributed by atoms with van der Waals surface area (Å²) >= 11 is 1.21. The van der Waals surface area contributed by atoms with Crippen molar-refractivity contribution in [3.05, 3.63) is 46.8 Å². The molecule has 1 aliphatic rings. The Balaban J connectivity index is 1.55. The third-order valence-electron chi connectivity index (χ3n) is 4.23. The molecule has 0 radical (unpaired) electrons. The molecule has 8 heteroatoms. The fraction of sp³-hybridized carbons (Fsp3) is 0.353. The van der Waals surface area contributed by atoms with E-state index >= 15 is 0 Å². The predicted octanol–water partition coefficient (Wildman–Crippen LogP) is 2.28. The molecular formula is C17H22N4O2S2. The minimum atomic E-state index is -3.44. The maximum atomic E-state index is 12.3. The fourth-order valence-electron chi connectivity index (χ4n) is 2.83. The number of aryl methyl sites for hydroxylation is 2. The lowest BCUT2D eigenvalue weighted by molar-refractivity contribution is 0.479. The average Bonchev–Trinajstić information content (AvgIpc) is 3.26. The van der Waals surface area contributed by atoms with Crippen molar-refractivity contribution in [1.29, 1.82) is 0 Å². The van der Waals surface area contributed by atoms with E-state index in [4.69, 9.17) is 5.73 Å². The zero-order chi connectivity index (χ0) is 17.9. The Bertz CT molecular complexity index is 861. The fourth-order valence-corrected chi connectivity index (χ4v) is 5.20. The highest BCUT2D eigenvalue weighted by molar-refractivity contribution is 7.91. The van der Waals surface area contributed by atoms with Crippen molar-refractivity contribution in [1.82, 2.24) is 4.31 Å². The molecule has 134 valence electrons. The lowest BCUT2D eigenvalue weighted by Gasteiger charge is -2.15. The van der Waals surface area contributed by atoms with Crippen LogP contribution in [0.25, 0.3) is 0 Å². The van der Waals surface area contributed by atoms with E-state index in [9.17, 15) is 8.42 Å². The van der Waals surface area contributed by atoms with Crippen molar-refractivity contribution in [2.45, 2.75) is 23.5 Å². The van der Waals surface area contributed by atoms with Crippen LogP contribution in [-0.4, -0.2) is 38.8 Å². The van der Waals surface area contributed by atoms with E-state index < -0.39 is 10.0 Å². The summed E-state index contributed by atoms with van der Waals surface area (Å²) < 4.78 is 26.3. The monoisotopic (exact) mass is 378 g/mol. The van der Waals surface area contributed by atoms with Gasteiger partial charge in [0, 0.05) is 19.3 Å². The van der Waals surface area contributed by atoms with Gasteiger partial charge >= 0.3 is 0 Å². The zero-order valence-electron chi connectivity index (χ0n) is 14.1. The molecule has 0 spiro atoms. The molecule has 0 saturated carbocycles. The Morgan fingerprint density at radius 1 is 1.32 bits per heavy atom. The number of rotatable bonds is 6. The van der Waals surface area contributed by atoms with Crippen LogP contribution in [0, 0.1) is 0 Å². The van der Waals surface area contributed by atoms with Gasteiger partial charge in [0.05, 0.1) is 6.54 Å². The summed E-state index contributed by atoms with van der Waals surface area (Å²) in [6.07, 6.45) is 3.45. The first-order chi connectivity index (χ1) is 12.0. The highest BCUT2D eigenvalue weighted by Gasteiger charge is 2.21. The first-order valence-electron chi connectivity index (χ1n) is 8.15. The standard InChI is InChI=1S/C17H22N4O2S2/c1-21(25(22,23)16-6-3-11-24-16)10-9-19-17(18)20-15-8-7-13-4-2-5-14(13)12-15/h3,6-8,11-12H,2,4-5,9-10H2,1H3,(H3,18,19,20). The second-order valence-corrected chi connectivity index (χ2v) is 9.21. The molecule has 1 heterocycles. The van der Waals surface area contributed by atoms with Gasteiger partial charge in [0.25, 0.3) is 10.0 Å². The van der Waals surface area contributed by atoms with E-state index in [1.807, 2.05) is 6.07 Å². The number of fused-ring (bicyclic) bond motifs is 1. The molecular weight excluding hydrogens is 356 g/mol. The first-order valence-corrected chi connectivity index (χ1v) is 10.5. The molecule has 0 aliphatic heterocycles. The minimum Gasteiger partial charge on any atom is -0.370 e. The number of likely N-dealkylation sites (N-methyl/N-ethyl adjacent to an activating group) is 1. The SMILES string of the molecule is CN(CCN=C(N)Nc1ccc2c(c1)CCC2)S(=O)(=O)c1cccs1. The molecule has 25 heavy (non-hydrogen) atoms. The predicted molar refractivity (Wildman–Crippen MR) is 103 cm³/mol. The number of aliphatic imine (C=N–C) groups is 1. The zero-order valence-corrected chi connectivity index (χ0v) is 15.7. The summed E-state index contributed by atoms with van der Waals surface area (Å²) in [6.45, 7) is 0.567. The number of anilines is 1. The minimum absolute atomic E-state index is 0.271. The van der Waals surface area contributed by atoms with E-state index in [2.05, 4.69) is 22.4 Å². The Labute approximate surface area is 152 Å². The molecule has 0 amide bonds. The Morgan fingerprint density at radius 2 is 2.12 bits per heavy atom. The van der Waals surface area contributed by atoms with E-state index in [-0.39, 0.29) is 6.54 Å². The van der Waals surface area contributed by atoms with Crippen LogP contribution < -0.4 is 11.1 Å². The van der Waals surface area contributed by atoms with Crippen LogP contribution in [0.5, 0.6) is 0 Å². The quantitative estimate of drug-likeness (QED) is 0.596. The lowest BCUT2D eigenvalue weighted by atomic mass is 10.1. The molecule has 6 nitrogen and oxygen atoms in total. The Morgan fingerprint density at radius 3 is 2.88 bits per heavy atom. The van der Waals surface area contributed by atoms with Crippen molar-refractivity contribution in [2.24, 2.45) is 10.7 Å². The van der Waals surface area contributed by atoms with Gasteiger partial charge < -0.3 is 11.1 Å². The number of guanidine groups is 1. The molecule has 1 aliphatic carbocycles. The maximum Gasteiger partial charge on any atom is 0.252 e. The average molecular weight is 379 g/mol. The van der Waals surface area contributed by atoms with Crippen LogP contribution >= 0.6 is 11.3 Å². The summed E-state index contributed by atoms with van der Waals surface area (Å²) in [7, 11) is -1.89. The molecule has 3 N–H and O–H groups in total. The normalized spacial score (nSPS) is 14.7. The summed E-state index contributed by atoms with van der Waals surface area (Å²) in [5.74, 6) is 0.292. The molecule has 2 aromatic rings. The Kier molecular flexibility index (Phi) is 5.41. The molecule has 1 aromatic carbocycles. The van der Waals surface area contributed by atoms with Gasteiger partial charge in [0.15, 0.2) is 5.96 Å². The molecule has 0 fully saturated rings. The van der Waals surface area contributed by atoms with E-state index in [0.717, 1.165) is 18.5 Å². The number of nitrogens with zero attached hydrogens (tertiary/aromatic N) is 2. The molecule has 0 unspecified atom stereocenters. The number of sulfonamides is 1. The van der Waals surface area contributed by atoms with Gasteiger partial charge in [-0.1, -0.05) is 12.1 Å². The smallest absolute Gasteiger partial charge is 0.252 e. The second-order valence-electron chi connectivity index (χ2n) is 5.99. The maximum absolute atomic E-state index is 12.3. The summed E-state index contributed by atoms with van der Waals surface area (Å²) in [6, 6.07) is 9.56. The topological polar surface area (TPSA) is 87.8 Å². The number of thiophene rings is 1. The molecule has 1 aromatic heterocycles. The second kappa shape index (κ2) is 7.55. The number of hydrogen-bond donors (Lipinski definition) is 2.